The smallest absolute Gasteiger partial charge is 0.343 e. The Morgan fingerprint density at radius 2 is 1.82 bits per heavy atom. The Bertz CT molecular complexity index is 1030. The zero-order chi connectivity index (χ0) is 24.4. The lowest BCUT2D eigenvalue weighted by atomic mass is 10.1. The maximum absolute atomic E-state index is 12.4. The van der Waals surface area contributed by atoms with E-state index in [2.05, 4.69) is 16.7 Å². The number of anilines is 1. The third-order valence-electron chi connectivity index (χ3n) is 4.09. The van der Waals surface area contributed by atoms with Gasteiger partial charge < -0.3 is 19.5 Å². The van der Waals surface area contributed by atoms with E-state index in [9.17, 15) is 24.5 Å². The molecular weight excluding hydrogens is 436 g/mol. The number of nitrogens with one attached hydrogen (secondary N) is 1. The molecule has 0 aromatic heterocycles. The summed E-state index contributed by atoms with van der Waals surface area (Å²) < 4.78 is 15.4. The number of carbonyl (C=O) groups is 3. The number of ether oxygens (including phenoxy) is 3. The van der Waals surface area contributed by atoms with E-state index in [4.69, 9.17) is 14.2 Å². The van der Waals surface area contributed by atoms with E-state index in [1.165, 1.54) is 32.0 Å². The van der Waals surface area contributed by atoms with Crippen LogP contribution in [0, 0.1) is 10.1 Å². The number of amides is 1. The normalized spacial score (nSPS) is 11.0. The molecule has 0 bridgehead atoms. The average molecular weight is 458 g/mol. The molecule has 0 spiro atoms. The van der Waals surface area contributed by atoms with Crippen molar-refractivity contribution in [2.24, 2.45) is 0 Å². The maximum Gasteiger partial charge on any atom is 0.343 e. The molecule has 0 heterocycles. The molecule has 11 heteroatoms. The standard InChI is InChI=1S/C22H22N2O9/c1-4-20(33-24(28)29)22(27)31-13-30-19-7-5-6-16(12-19)14(2)21(26)32-18-10-8-17(9-11-18)23-15(3)25/h5-12,20H,2,4,13H2,1,3H3,(H,23,25). The van der Waals surface area contributed by atoms with Gasteiger partial charge in [0, 0.05) is 12.6 Å². The minimum Gasteiger partial charge on any atom is -0.457 e. The number of hydrogen-bond donors (Lipinski definition) is 1. The molecule has 33 heavy (non-hydrogen) atoms. The van der Waals surface area contributed by atoms with Crippen LogP contribution in [0.25, 0.3) is 5.57 Å². The SMILES string of the molecule is C=C(C(=O)Oc1ccc(NC(C)=O)cc1)c1cccc(OCOC(=O)C(CC)O[N+](=O)[O-])c1. The number of rotatable bonds is 11. The second-order valence-corrected chi connectivity index (χ2v) is 6.55. The Morgan fingerprint density at radius 3 is 2.42 bits per heavy atom. The van der Waals surface area contributed by atoms with Gasteiger partial charge in [0.2, 0.25) is 18.8 Å². The molecule has 174 valence electrons. The predicted octanol–water partition coefficient (Wildman–Crippen LogP) is 3.13. The van der Waals surface area contributed by atoms with Gasteiger partial charge in [-0.1, -0.05) is 25.6 Å². The Labute approximate surface area is 189 Å². The van der Waals surface area contributed by atoms with E-state index in [0.29, 0.717) is 11.3 Å². The van der Waals surface area contributed by atoms with Gasteiger partial charge in [0.1, 0.15) is 11.5 Å². The zero-order valence-electron chi connectivity index (χ0n) is 17.9. The summed E-state index contributed by atoms with van der Waals surface area (Å²) in [5.41, 5.74) is 1.01. The second kappa shape index (κ2) is 11.8. The van der Waals surface area contributed by atoms with Gasteiger partial charge in [-0.05, 0) is 48.4 Å². The van der Waals surface area contributed by atoms with Crippen molar-refractivity contribution < 1.29 is 38.5 Å². The van der Waals surface area contributed by atoms with Gasteiger partial charge in [-0.3, -0.25) is 9.63 Å². The van der Waals surface area contributed by atoms with Crippen LogP contribution in [0.1, 0.15) is 25.8 Å². The average Bonchev–Trinajstić information content (AvgIpc) is 2.77. The molecule has 2 aromatic carbocycles. The van der Waals surface area contributed by atoms with Gasteiger partial charge >= 0.3 is 11.9 Å². The van der Waals surface area contributed by atoms with Gasteiger partial charge in [-0.25, -0.2) is 9.59 Å². The molecule has 2 aromatic rings. The molecule has 1 atom stereocenters. The fraction of sp³-hybridized carbons (Fsp3) is 0.227. The summed E-state index contributed by atoms with van der Waals surface area (Å²) in [6, 6.07) is 12.5. The van der Waals surface area contributed by atoms with E-state index >= 15 is 0 Å². The van der Waals surface area contributed by atoms with E-state index in [1.54, 1.807) is 30.3 Å². The fourth-order valence-electron chi connectivity index (χ4n) is 2.51. The Hall–Kier alpha value is -4.41. The summed E-state index contributed by atoms with van der Waals surface area (Å²) in [6.45, 7) is 6.13. The summed E-state index contributed by atoms with van der Waals surface area (Å²) in [6.07, 6.45) is -1.30. The highest BCUT2D eigenvalue weighted by molar-refractivity contribution is 6.16. The van der Waals surface area contributed by atoms with Crippen LogP contribution < -0.4 is 14.8 Å². The van der Waals surface area contributed by atoms with Crippen molar-refractivity contribution >= 4 is 29.1 Å². The van der Waals surface area contributed by atoms with Crippen molar-refractivity contribution in [2.75, 3.05) is 12.1 Å². The summed E-state index contributed by atoms with van der Waals surface area (Å²) in [5.74, 6) is -1.34. The van der Waals surface area contributed by atoms with E-state index in [1.807, 2.05) is 0 Å². The third-order valence-corrected chi connectivity index (χ3v) is 4.09. The van der Waals surface area contributed by atoms with Crippen LogP contribution in [0.3, 0.4) is 0 Å². The van der Waals surface area contributed by atoms with Crippen molar-refractivity contribution in [3.8, 4) is 11.5 Å². The summed E-state index contributed by atoms with van der Waals surface area (Å²) in [5, 5.41) is 11.9. The van der Waals surface area contributed by atoms with Gasteiger partial charge in [-0.2, -0.15) is 0 Å². The maximum atomic E-state index is 12.4. The van der Waals surface area contributed by atoms with Crippen molar-refractivity contribution in [3.05, 3.63) is 70.8 Å². The lowest BCUT2D eigenvalue weighted by Gasteiger charge is -2.13. The van der Waals surface area contributed by atoms with Gasteiger partial charge in [0.15, 0.2) is 0 Å². The molecule has 0 aliphatic rings. The van der Waals surface area contributed by atoms with Crippen LogP contribution in [-0.4, -0.2) is 35.8 Å². The molecule has 0 saturated heterocycles. The molecule has 11 nitrogen and oxygen atoms in total. The van der Waals surface area contributed by atoms with E-state index < -0.39 is 29.9 Å². The second-order valence-electron chi connectivity index (χ2n) is 6.55. The van der Waals surface area contributed by atoms with E-state index in [-0.39, 0.29) is 29.4 Å². The third kappa shape index (κ3) is 7.98. The Balaban J connectivity index is 1.92. The summed E-state index contributed by atoms with van der Waals surface area (Å²) in [4.78, 5) is 49.9. The largest absolute Gasteiger partial charge is 0.457 e. The Morgan fingerprint density at radius 1 is 1.12 bits per heavy atom. The minimum absolute atomic E-state index is 0.0488. The number of esters is 2. The highest BCUT2D eigenvalue weighted by Gasteiger charge is 2.22. The first kappa shape index (κ1) is 24.9. The summed E-state index contributed by atoms with van der Waals surface area (Å²) >= 11 is 0. The van der Waals surface area contributed by atoms with Crippen LogP contribution in [0.4, 0.5) is 5.69 Å². The summed E-state index contributed by atoms with van der Waals surface area (Å²) in [7, 11) is 0. The van der Waals surface area contributed by atoms with Crippen LogP contribution >= 0.6 is 0 Å². The van der Waals surface area contributed by atoms with Gasteiger partial charge in [-0.15, -0.1) is 10.1 Å². The van der Waals surface area contributed by atoms with Crippen LogP contribution in [0.2, 0.25) is 0 Å². The van der Waals surface area contributed by atoms with Crippen LogP contribution in [0.15, 0.2) is 55.1 Å². The molecule has 1 N–H and O–H groups in total. The minimum atomic E-state index is -1.35. The van der Waals surface area contributed by atoms with E-state index in [0.717, 1.165) is 0 Å². The number of nitrogens with zero attached hydrogens (tertiary/aromatic N) is 1. The first-order valence-electron chi connectivity index (χ1n) is 9.69. The molecule has 0 aliphatic heterocycles. The van der Waals surface area contributed by atoms with Crippen molar-refractivity contribution in [1.29, 1.82) is 0 Å². The molecule has 1 unspecified atom stereocenters. The van der Waals surface area contributed by atoms with Crippen LogP contribution in [-0.2, 0) is 24.0 Å². The lowest BCUT2D eigenvalue weighted by molar-refractivity contribution is -0.765. The highest BCUT2D eigenvalue weighted by Crippen LogP contribution is 2.22. The molecule has 0 fully saturated rings. The topological polar surface area (TPSA) is 143 Å². The molecule has 1 amide bonds. The monoisotopic (exact) mass is 458 g/mol. The molecule has 0 aliphatic carbocycles. The molecular formula is C22H22N2O9. The predicted molar refractivity (Wildman–Crippen MR) is 116 cm³/mol. The van der Waals surface area contributed by atoms with Crippen LogP contribution in [0.5, 0.6) is 11.5 Å². The lowest BCUT2D eigenvalue weighted by Crippen LogP contribution is -2.29. The van der Waals surface area contributed by atoms with Crippen molar-refractivity contribution in [3.63, 3.8) is 0 Å². The van der Waals surface area contributed by atoms with Crippen molar-refractivity contribution in [2.45, 2.75) is 26.4 Å². The molecule has 0 radical (unpaired) electrons. The first-order valence-corrected chi connectivity index (χ1v) is 9.69. The first-order chi connectivity index (χ1) is 15.7. The molecule has 2 rings (SSSR count). The Kier molecular flexibility index (Phi) is 8.92. The highest BCUT2D eigenvalue weighted by atomic mass is 17.0. The molecule has 0 saturated carbocycles. The zero-order valence-corrected chi connectivity index (χ0v) is 17.9. The van der Waals surface area contributed by atoms with Crippen molar-refractivity contribution in [1.82, 2.24) is 0 Å². The fourth-order valence-corrected chi connectivity index (χ4v) is 2.51. The number of hydrogen-bond acceptors (Lipinski definition) is 9. The number of carbonyl (C=O) groups excluding carboxylic acids is 3. The number of benzene rings is 2. The quantitative estimate of drug-likeness (QED) is 0.134. The van der Waals surface area contributed by atoms with Gasteiger partial charge in [0.05, 0.1) is 5.57 Å². The van der Waals surface area contributed by atoms with Gasteiger partial charge in [0.25, 0.3) is 5.09 Å².